The summed E-state index contributed by atoms with van der Waals surface area (Å²) in [7, 11) is 1.67. The lowest BCUT2D eigenvalue weighted by Gasteiger charge is -2.13. The largest absolute Gasteiger partial charge is 0.573 e. The molecule has 2 aromatic carbocycles. The minimum absolute atomic E-state index is 0.353. The summed E-state index contributed by atoms with van der Waals surface area (Å²) in [6.07, 6.45) is 6.34. The number of nitrogens with one attached hydrogen (secondary N) is 1. The summed E-state index contributed by atoms with van der Waals surface area (Å²) in [5, 5.41) is 2.60. The van der Waals surface area contributed by atoms with Gasteiger partial charge in [0, 0.05) is 11.8 Å². The van der Waals surface area contributed by atoms with Crippen molar-refractivity contribution in [3.63, 3.8) is 0 Å². The Kier molecular flexibility index (Phi) is 9.51. The minimum atomic E-state index is -4.76. The summed E-state index contributed by atoms with van der Waals surface area (Å²) < 4.78 is 45.9. The number of hydrogen-bond donors (Lipinski definition) is 1. The van der Waals surface area contributed by atoms with Crippen LogP contribution in [0.4, 0.5) is 18.9 Å². The molecule has 0 aromatic heterocycles. The third-order valence-corrected chi connectivity index (χ3v) is 5.27. The lowest BCUT2D eigenvalue weighted by molar-refractivity contribution is -0.274. The van der Waals surface area contributed by atoms with Gasteiger partial charge in [-0.3, -0.25) is 4.79 Å². The minimum Gasteiger partial charge on any atom is -0.496 e. The molecule has 0 aliphatic rings. The highest BCUT2D eigenvalue weighted by Crippen LogP contribution is 2.28. The van der Waals surface area contributed by atoms with E-state index in [1.54, 1.807) is 20.1 Å². The lowest BCUT2D eigenvalue weighted by Crippen LogP contribution is -2.17. The molecule has 0 aliphatic carbocycles. The number of anilines is 1. The molecule has 0 radical (unpaired) electrons. The molecule has 0 saturated heterocycles. The predicted molar refractivity (Wildman–Crippen MR) is 135 cm³/mol. The quantitative estimate of drug-likeness (QED) is 0.309. The van der Waals surface area contributed by atoms with Gasteiger partial charge in [0.1, 0.15) is 11.5 Å². The summed E-state index contributed by atoms with van der Waals surface area (Å²) in [6, 6.07) is 6.98. The van der Waals surface area contributed by atoms with E-state index in [0.717, 1.165) is 40.1 Å². The molecular formula is C28H30F3NO3. The number of benzene rings is 2. The van der Waals surface area contributed by atoms with E-state index in [0.29, 0.717) is 11.3 Å². The molecule has 0 atom stereocenters. The van der Waals surface area contributed by atoms with Crippen molar-refractivity contribution in [1.82, 2.24) is 0 Å². The first-order valence-corrected chi connectivity index (χ1v) is 10.9. The second kappa shape index (κ2) is 12.1. The van der Waals surface area contributed by atoms with Crippen LogP contribution in [0.1, 0.15) is 36.1 Å². The van der Waals surface area contributed by atoms with E-state index in [4.69, 9.17) is 4.74 Å². The summed E-state index contributed by atoms with van der Waals surface area (Å²) in [6.45, 7) is 9.94. The molecule has 0 bridgehead atoms. The van der Waals surface area contributed by atoms with Crippen LogP contribution < -0.4 is 14.8 Å². The number of rotatable bonds is 8. The Morgan fingerprint density at radius 1 is 0.971 bits per heavy atom. The van der Waals surface area contributed by atoms with Gasteiger partial charge in [0.15, 0.2) is 0 Å². The van der Waals surface area contributed by atoms with Crippen molar-refractivity contribution in [1.29, 1.82) is 0 Å². The average Bonchev–Trinajstić information content (AvgIpc) is 2.76. The van der Waals surface area contributed by atoms with Gasteiger partial charge >= 0.3 is 6.36 Å². The predicted octanol–water partition coefficient (Wildman–Crippen LogP) is 7.62. The highest BCUT2D eigenvalue weighted by Gasteiger charge is 2.30. The maximum absolute atomic E-state index is 12.2. The summed E-state index contributed by atoms with van der Waals surface area (Å²) >= 11 is 0. The molecule has 0 spiro atoms. The Balaban J connectivity index is 1.98. The van der Waals surface area contributed by atoms with Gasteiger partial charge in [-0.05, 0) is 92.8 Å². The molecule has 2 aromatic rings. The second-order valence-electron chi connectivity index (χ2n) is 8.11. The van der Waals surface area contributed by atoms with Gasteiger partial charge in [0.25, 0.3) is 0 Å². The number of aryl methyl sites for hydroxylation is 1. The van der Waals surface area contributed by atoms with E-state index in [2.05, 4.69) is 30.0 Å². The van der Waals surface area contributed by atoms with Gasteiger partial charge < -0.3 is 14.8 Å². The van der Waals surface area contributed by atoms with Crippen LogP contribution in [0.15, 0.2) is 71.9 Å². The zero-order valence-electron chi connectivity index (χ0n) is 20.7. The highest BCUT2D eigenvalue weighted by molar-refractivity contribution is 6.00. The molecule has 4 nitrogen and oxygen atoms in total. The van der Waals surface area contributed by atoms with E-state index >= 15 is 0 Å². The number of hydrogen-bond acceptors (Lipinski definition) is 3. The summed E-state index contributed by atoms with van der Waals surface area (Å²) in [5.74, 6) is 0.137. The van der Waals surface area contributed by atoms with Crippen LogP contribution in [0.3, 0.4) is 0 Å². The van der Waals surface area contributed by atoms with Crippen LogP contribution in [0.5, 0.6) is 11.5 Å². The van der Waals surface area contributed by atoms with Crippen LogP contribution in [0.2, 0.25) is 0 Å². The first kappa shape index (κ1) is 27.5. The molecule has 2 rings (SSSR count). The third kappa shape index (κ3) is 8.85. The normalized spacial score (nSPS) is 12.9. The molecule has 0 saturated carbocycles. The number of alkyl halides is 3. The molecular weight excluding hydrogens is 455 g/mol. The number of carbonyl (C=O) groups excluding carboxylic acids is 1. The Hall–Kier alpha value is -3.74. The topological polar surface area (TPSA) is 47.6 Å². The fourth-order valence-electron chi connectivity index (χ4n) is 3.33. The van der Waals surface area contributed by atoms with E-state index < -0.39 is 12.3 Å². The van der Waals surface area contributed by atoms with E-state index in [-0.39, 0.29) is 5.75 Å². The van der Waals surface area contributed by atoms with E-state index in [1.807, 2.05) is 38.1 Å². The van der Waals surface area contributed by atoms with Gasteiger partial charge in [-0.25, -0.2) is 0 Å². The van der Waals surface area contributed by atoms with E-state index in [1.165, 1.54) is 23.8 Å². The molecule has 0 aliphatic heterocycles. The Morgan fingerprint density at radius 3 is 2.23 bits per heavy atom. The number of methoxy groups -OCH3 is 1. The summed E-state index contributed by atoms with van der Waals surface area (Å²) in [5.41, 5.74) is 6.69. The molecule has 0 heterocycles. The molecule has 7 heteroatoms. The average molecular weight is 486 g/mol. The summed E-state index contributed by atoms with van der Waals surface area (Å²) in [4.78, 5) is 12.2. The zero-order valence-corrected chi connectivity index (χ0v) is 20.7. The van der Waals surface area contributed by atoms with Gasteiger partial charge in [0.05, 0.1) is 7.11 Å². The standard InChI is InChI=1S/C28H30F3NO3/c1-18(10-15-25-20(3)17-26(34-6)22(5)21(25)4)8-7-9-19(2)16-27(33)32-23-11-13-24(14-12-23)35-28(29,30)31/h7-17H,1-6H3,(H,32,33)/b9-7+,15-10+,18-8+,19-16+. The third-order valence-electron chi connectivity index (χ3n) is 5.27. The maximum Gasteiger partial charge on any atom is 0.573 e. The fourth-order valence-corrected chi connectivity index (χ4v) is 3.33. The number of carbonyl (C=O) groups is 1. The molecule has 0 fully saturated rings. The maximum atomic E-state index is 12.2. The van der Waals surface area contributed by atoms with Gasteiger partial charge in [-0.15, -0.1) is 13.2 Å². The molecule has 186 valence electrons. The molecule has 0 unspecified atom stereocenters. The fraction of sp³-hybridized carbons (Fsp3) is 0.250. The molecule has 35 heavy (non-hydrogen) atoms. The Labute approximate surface area is 204 Å². The monoisotopic (exact) mass is 485 g/mol. The smallest absolute Gasteiger partial charge is 0.496 e. The highest BCUT2D eigenvalue weighted by atomic mass is 19.4. The van der Waals surface area contributed by atoms with Crippen molar-refractivity contribution in [2.45, 2.75) is 41.0 Å². The Morgan fingerprint density at radius 2 is 1.63 bits per heavy atom. The number of allylic oxidation sites excluding steroid dienone is 6. The van der Waals surface area contributed by atoms with Crippen molar-refractivity contribution < 1.29 is 27.4 Å². The van der Waals surface area contributed by atoms with Crippen LogP contribution in [0, 0.1) is 20.8 Å². The first-order chi connectivity index (χ1) is 16.4. The van der Waals surface area contributed by atoms with Crippen molar-refractivity contribution in [2.75, 3.05) is 12.4 Å². The number of ether oxygens (including phenoxy) is 2. The Bertz CT molecular complexity index is 1170. The van der Waals surface area contributed by atoms with Crippen molar-refractivity contribution in [2.24, 2.45) is 0 Å². The first-order valence-electron chi connectivity index (χ1n) is 10.9. The second-order valence-corrected chi connectivity index (χ2v) is 8.11. The van der Waals surface area contributed by atoms with Crippen molar-refractivity contribution in [3.05, 3.63) is 94.1 Å². The zero-order chi connectivity index (χ0) is 26.2. The molecule has 1 amide bonds. The van der Waals surface area contributed by atoms with E-state index in [9.17, 15) is 18.0 Å². The van der Waals surface area contributed by atoms with Crippen LogP contribution in [-0.4, -0.2) is 19.4 Å². The van der Waals surface area contributed by atoms with Crippen molar-refractivity contribution in [3.8, 4) is 11.5 Å². The molecule has 1 N–H and O–H groups in total. The number of halogens is 3. The van der Waals surface area contributed by atoms with Gasteiger partial charge in [0.2, 0.25) is 5.91 Å². The van der Waals surface area contributed by atoms with Crippen LogP contribution in [0.25, 0.3) is 6.08 Å². The lowest BCUT2D eigenvalue weighted by atomic mass is 9.96. The van der Waals surface area contributed by atoms with Crippen molar-refractivity contribution >= 4 is 17.7 Å². The van der Waals surface area contributed by atoms with Gasteiger partial charge in [-0.2, -0.15) is 0 Å². The van der Waals surface area contributed by atoms with Crippen LogP contribution in [-0.2, 0) is 4.79 Å². The number of amides is 1. The SMILES string of the molecule is COc1cc(C)c(/C=C/C(C)=C/C=C/C(C)=C/C(=O)Nc2ccc(OC(F)(F)F)cc2)c(C)c1C. The van der Waals surface area contributed by atoms with Gasteiger partial charge in [-0.1, -0.05) is 36.0 Å². The van der Waals surface area contributed by atoms with Crippen LogP contribution >= 0.6 is 0 Å².